The van der Waals surface area contributed by atoms with E-state index in [0.29, 0.717) is 21.8 Å². The lowest BCUT2D eigenvalue weighted by Gasteiger charge is -2.33. The molecule has 0 radical (unpaired) electrons. The Morgan fingerprint density at radius 2 is 1.92 bits per heavy atom. The van der Waals surface area contributed by atoms with Crippen molar-refractivity contribution in [2.45, 2.75) is 32.2 Å². The highest BCUT2D eigenvalue weighted by Gasteiger charge is 2.42. The molecule has 4 nitrogen and oxygen atoms in total. The van der Waals surface area contributed by atoms with E-state index in [-0.39, 0.29) is 11.7 Å². The van der Waals surface area contributed by atoms with E-state index in [2.05, 4.69) is 17.1 Å². The molecule has 1 N–H and O–H groups in total. The Kier molecular flexibility index (Phi) is 5.44. The third-order valence-corrected chi connectivity index (χ3v) is 5.41. The molecule has 3 rings (SSSR count). The largest absolute Gasteiger partial charge is 0.324 e. The molecule has 0 saturated carbocycles. The van der Waals surface area contributed by atoms with E-state index in [1.807, 2.05) is 25.1 Å². The Labute approximate surface area is 159 Å². The molecule has 26 heavy (non-hydrogen) atoms. The highest BCUT2D eigenvalue weighted by Crippen LogP contribution is 2.31. The molecule has 0 spiro atoms. The molecule has 0 bridgehead atoms. The molecule has 5 heteroatoms. The summed E-state index contributed by atoms with van der Waals surface area (Å²) in [5.41, 5.74) is 0.910. The van der Waals surface area contributed by atoms with Crippen LogP contribution < -0.4 is 5.32 Å². The van der Waals surface area contributed by atoms with Crippen molar-refractivity contribution in [1.29, 1.82) is 0 Å². The Balaban J connectivity index is 1.91. The number of likely N-dealkylation sites (tertiary alicyclic amines) is 1. The summed E-state index contributed by atoms with van der Waals surface area (Å²) < 4.78 is 0. The molecular formula is C21H23ClN2O2. The first-order chi connectivity index (χ1) is 12.5. The molecule has 0 aliphatic carbocycles. The number of rotatable bonds is 5. The highest BCUT2D eigenvalue weighted by molar-refractivity contribution is 6.31. The predicted octanol–water partition coefficient (Wildman–Crippen LogP) is 4.38. The van der Waals surface area contributed by atoms with Crippen molar-refractivity contribution in [2.24, 2.45) is 0 Å². The second-order valence-electron chi connectivity index (χ2n) is 6.80. The Morgan fingerprint density at radius 1 is 1.19 bits per heavy atom. The van der Waals surface area contributed by atoms with Crippen molar-refractivity contribution in [3.05, 3.63) is 64.7 Å². The van der Waals surface area contributed by atoms with Gasteiger partial charge in [-0.2, -0.15) is 0 Å². The summed E-state index contributed by atoms with van der Waals surface area (Å²) in [6.07, 6.45) is 1.80. The summed E-state index contributed by atoms with van der Waals surface area (Å²) >= 11 is 6.11. The summed E-state index contributed by atoms with van der Waals surface area (Å²) in [6.45, 7) is 5.76. The van der Waals surface area contributed by atoms with Gasteiger partial charge in [0.1, 0.15) is 0 Å². The smallest absolute Gasteiger partial charge is 0.244 e. The molecule has 1 heterocycles. The van der Waals surface area contributed by atoms with Gasteiger partial charge in [0.15, 0.2) is 5.78 Å². The fourth-order valence-corrected chi connectivity index (χ4v) is 3.77. The maximum atomic E-state index is 13.0. The fourth-order valence-electron chi connectivity index (χ4n) is 3.60. The Hall–Kier alpha value is -2.17. The van der Waals surface area contributed by atoms with Crippen LogP contribution in [0.2, 0.25) is 5.02 Å². The number of benzene rings is 2. The minimum Gasteiger partial charge on any atom is -0.324 e. The maximum absolute atomic E-state index is 13.0. The number of ketones is 1. The van der Waals surface area contributed by atoms with E-state index in [0.717, 1.165) is 25.9 Å². The molecule has 0 unspecified atom stereocenters. The second-order valence-corrected chi connectivity index (χ2v) is 7.23. The normalized spacial score (nSPS) is 20.1. The SMILES string of the molecule is CCN1CCC[C@]1(C)C(=O)Nc1ccc(Cl)cc1C(=O)c1ccccc1. The van der Waals surface area contributed by atoms with Crippen LogP contribution in [-0.4, -0.2) is 35.2 Å². The molecule has 1 amide bonds. The van der Waals surface area contributed by atoms with Gasteiger partial charge in [0, 0.05) is 16.1 Å². The predicted molar refractivity (Wildman–Crippen MR) is 105 cm³/mol. The molecule has 2 aromatic rings. The summed E-state index contributed by atoms with van der Waals surface area (Å²) in [7, 11) is 0. The van der Waals surface area contributed by atoms with Crippen LogP contribution >= 0.6 is 11.6 Å². The summed E-state index contributed by atoms with van der Waals surface area (Å²) in [6, 6.07) is 14.0. The van der Waals surface area contributed by atoms with E-state index < -0.39 is 5.54 Å². The standard InChI is InChI=1S/C21H23ClN2O2/c1-3-24-13-7-12-21(24,2)20(26)23-18-11-10-16(22)14-17(18)19(25)15-8-5-4-6-9-15/h4-6,8-11,14H,3,7,12-13H2,1-2H3,(H,23,26)/t21-/m1/s1. The van der Waals surface area contributed by atoms with Gasteiger partial charge in [-0.1, -0.05) is 48.9 Å². The van der Waals surface area contributed by atoms with Gasteiger partial charge in [-0.3, -0.25) is 14.5 Å². The zero-order valence-corrected chi connectivity index (χ0v) is 15.8. The highest BCUT2D eigenvalue weighted by atomic mass is 35.5. The minimum atomic E-state index is -0.554. The second kappa shape index (κ2) is 7.60. The molecule has 1 aliphatic rings. The number of hydrogen-bond donors (Lipinski definition) is 1. The lowest BCUT2D eigenvalue weighted by molar-refractivity contribution is -0.125. The average molecular weight is 371 g/mol. The average Bonchev–Trinajstić information content (AvgIpc) is 3.05. The van der Waals surface area contributed by atoms with Crippen molar-refractivity contribution in [2.75, 3.05) is 18.4 Å². The molecule has 1 fully saturated rings. The molecule has 136 valence electrons. The van der Waals surface area contributed by atoms with Crippen LogP contribution in [0.3, 0.4) is 0 Å². The molecule has 1 atom stereocenters. The molecule has 1 aliphatic heterocycles. The van der Waals surface area contributed by atoms with E-state index in [4.69, 9.17) is 11.6 Å². The summed E-state index contributed by atoms with van der Waals surface area (Å²) in [5, 5.41) is 3.44. The van der Waals surface area contributed by atoms with Gasteiger partial charge < -0.3 is 5.32 Å². The first-order valence-corrected chi connectivity index (χ1v) is 9.29. The van der Waals surface area contributed by atoms with E-state index in [1.54, 1.807) is 30.3 Å². The van der Waals surface area contributed by atoms with Gasteiger partial charge in [-0.25, -0.2) is 0 Å². The van der Waals surface area contributed by atoms with Crippen LogP contribution in [0.4, 0.5) is 5.69 Å². The van der Waals surface area contributed by atoms with Gasteiger partial charge in [0.25, 0.3) is 0 Å². The zero-order valence-electron chi connectivity index (χ0n) is 15.1. The van der Waals surface area contributed by atoms with Crippen LogP contribution in [0.1, 0.15) is 42.6 Å². The minimum absolute atomic E-state index is 0.0821. The van der Waals surface area contributed by atoms with Crippen LogP contribution in [0.15, 0.2) is 48.5 Å². The third kappa shape index (κ3) is 3.53. The Morgan fingerprint density at radius 3 is 2.62 bits per heavy atom. The zero-order chi connectivity index (χ0) is 18.7. The molecular weight excluding hydrogens is 348 g/mol. The summed E-state index contributed by atoms with van der Waals surface area (Å²) in [5.74, 6) is -0.242. The fraction of sp³-hybridized carbons (Fsp3) is 0.333. The molecule has 0 aromatic heterocycles. The van der Waals surface area contributed by atoms with E-state index in [9.17, 15) is 9.59 Å². The van der Waals surface area contributed by atoms with Crippen molar-refractivity contribution >= 4 is 29.0 Å². The number of nitrogens with zero attached hydrogens (tertiary/aromatic N) is 1. The number of hydrogen-bond acceptors (Lipinski definition) is 3. The summed E-state index contributed by atoms with van der Waals surface area (Å²) in [4.78, 5) is 28.1. The van der Waals surface area contributed by atoms with Crippen molar-refractivity contribution in [3.63, 3.8) is 0 Å². The number of amides is 1. The van der Waals surface area contributed by atoms with Gasteiger partial charge in [-0.15, -0.1) is 0 Å². The number of likely N-dealkylation sites (N-methyl/N-ethyl adjacent to an activating group) is 1. The van der Waals surface area contributed by atoms with Gasteiger partial charge in [-0.05, 0) is 51.1 Å². The quantitative estimate of drug-likeness (QED) is 0.794. The molecule has 1 saturated heterocycles. The van der Waals surface area contributed by atoms with Gasteiger partial charge >= 0.3 is 0 Å². The molecule has 2 aromatic carbocycles. The number of anilines is 1. The Bertz CT molecular complexity index is 822. The third-order valence-electron chi connectivity index (χ3n) is 5.17. The first-order valence-electron chi connectivity index (χ1n) is 8.91. The van der Waals surface area contributed by atoms with E-state index in [1.165, 1.54) is 0 Å². The van der Waals surface area contributed by atoms with Crippen molar-refractivity contribution < 1.29 is 9.59 Å². The maximum Gasteiger partial charge on any atom is 0.244 e. The number of nitrogens with one attached hydrogen (secondary N) is 1. The van der Waals surface area contributed by atoms with Crippen LogP contribution in [0.25, 0.3) is 0 Å². The van der Waals surface area contributed by atoms with Crippen LogP contribution in [-0.2, 0) is 4.79 Å². The van der Waals surface area contributed by atoms with Gasteiger partial charge in [0.2, 0.25) is 5.91 Å². The van der Waals surface area contributed by atoms with Crippen molar-refractivity contribution in [3.8, 4) is 0 Å². The lowest BCUT2D eigenvalue weighted by atomic mass is 9.96. The van der Waals surface area contributed by atoms with Crippen LogP contribution in [0, 0.1) is 0 Å². The van der Waals surface area contributed by atoms with Crippen molar-refractivity contribution in [1.82, 2.24) is 4.90 Å². The van der Waals surface area contributed by atoms with Crippen LogP contribution in [0.5, 0.6) is 0 Å². The van der Waals surface area contributed by atoms with E-state index >= 15 is 0 Å². The lowest BCUT2D eigenvalue weighted by Crippen LogP contribution is -2.50. The first kappa shape index (κ1) is 18.6. The number of carbonyl (C=O) groups excluding carboxylic acids is 2. The number of halogens is 1. The topological polar surface area (TPSA) is 49.4 Å². The monoisotopic (exact) mass is 370 g/mol. The number of carbonyl (C=O) groups is 2. The van der Waals surface area contributed by atoms with Gasteiger partial charge in [0.05, 0.1) is 11.2 Å².